The summed E-state index contributed by atoms with van der Waals surface area (Å²) in [4.78, 5) is 0. The van der Waals surface area contributed by atoms with E-state index in [1.807, 2.05) is 36.4 Å². The number of hydrogen-bond donors (Lipinski definition) is 0. The van der Waals surface area contributed by atoms with Crippen LogP contribution in [-0.4, -0.2) is 20.3 Å². The van der Waals surface area contributed by atoms with Crippen molar-refractivity contribution in [1.82, 2.24) is 0 Å². The molecule has 0 bridgehead atoms. The zero-order chi connectivity index (χ0) is 14.2. The zero-order valence-electron chi connectivity index (χ0n) is 11.3. The van der Waals surface area contributed by atoms with Crippen LogP contribution in [0.5, 0.6) is 5.75 Å². The summed E-state index contributed by atoms with van der Waals surface area (Å²) < 4.78 is 29.5. The largest absolute Gasteiger partial charge is 0.436 e. The van der Waals surface area contributed by atoms with Gasteiger partial charge in [0.25, 0.3) is 6.03 Å². The fourth-order valence-corrected chi connectivity index (χ4v) is 4.71. The Labute approximate surface area is 117 Å². The van der Waals surface area contributed by atoms with Crippen molar-refractivity contribution in [3.05, 3.63) is 48.5 Å². The smallest absolute Gasteiger partial charge is 0.332 e. The molecule has 4 nitrogen and oxygen atoms in total. The highest BCUT2D eigenvalue weighted by Gasteiger charge is 2.43. The van der Waals surface area contributed by atoms with Crippen molar-refractivity contribution in [2.75, 3.05) is 14.2 Å². The van der Waals surface area contributed by atoms with Gasteiger partial charge < -0.3 is 14.0 Å². The summed E-state index contributed by atoms with van der Waals surface area (Å²) in [5, 5.41) is 0.632. The van der Waals surface area contributed by atoms with Gasteiger partial charge in [-0.2, -0.15) is 0 Å². The van der Waals surface area contributed by atoms with Crippen LogP contribution in [-0.2, 0) is 14.0 Å². The predicted octanol–water partition coefficient (Wildman–Crippen LogP) is 3.23. The first-order chi connectivity index (χ1) is 9.70. The number of benzene rings is 2. The standard InChI is InChI=1S/C15H15O4P/c1-17-15(18-2)20(16)14-10-6-4-8-12(14)11-7-3-5-9-13(11)19-20/h3-10,15H,1-2H3. The molecule has 2 aromatic carbocycles. The Morgan fingerprint density at radius 2 is 1.55 bits per heavy atom. The minimum Gasteiger partial charge on any atom is -0.436 e. The molecule has 1 atom stereocenters. The van der Waals surface area contributed by atoms with Crippen molar-refractivity contribution in [3.63, 3.8) is 0 Å². The Morgan fingerprint density at radius 1 is 0.950 bits per heavy atom. The average Bonchev–Trinajstić information content (AvgIpc) is 2.49. The number of fused-ring (bicyclic) bond motifs is 3. The molecule has 0 saturated heterocycles. The average molecular weight is 290 g/mol. The van der Waals surface area contributed by atoms with Crippen LogP contribution in [0.2, 0.25) is 0 Å². The van der Waals surface area contributed by atoms with E-state index in [9.17, 15) is 4.57 Å². The van der Waals surface area contributed by atoms with E-state index in [4.69, 9.17) is 14.0 Å². The first-order valence-corrected chi connectivity index (χ1v) is 7.94. The third-order valence-electron chi connectivity index (χ3n) is 3.33. The molecule has 0 aromatic heterocycles. The Morgan fingerprint density at radius 3 is 2.25 bits per heavy atom. The maximum Gasteiger partial charge on any atom is 0.332 e. The fourth-order valence-electron chi connectivity index (χ4n) is 2.47. The molecule has 1 aliphatic heterocycles. The molecule has 104 valence electrons. The Hall–Kier alpha value is -1.61. The Kier molecular flexibility index (Phi) is 3.38. The second-order valence-electron chi connectivity index (χ2n) is 4.48. The van der Waals surface area contributed by atoms with Gasteiger partial charge in [-0.15, -0.1) is 0 Å². The summed E-state index contributed by atoms with van der Waals surface area (Å²) in [6, 6.07) is 14.1. The lowest BCUT2D eigenvalue weighted by atomic mass is 10.0. The molecule has 0 radical (unpaired) electrons. The molecule has 1 unspecified atom stereocenters. The topological polar surface area (TPSA) is 44.8 Å². The molecule has 0 amide bonds. The molecule has 20 heavy (non-hydrogen) atoms. The van der Waals surface area contributed by atoms with Gasteiger partial charge in [-0.3, -0.25) is 4.57 Å². The highest BCUT2D eigenvalue weighted by atomic mass is 31.2. The third kappa shape index (κ3) is 1.88. The molecule has 0 spiro atoms. The summed E-state index contributed by atoms with van der Waals surface area (Å²) in [7, 11) is -0.373. The number of methoxy groups -OCH3 is 2. The maximum atomic E-state index is 13.3. The first-order valence-electron chi connectivity index (χ1n) is 6.24. The van der Waals surface area contributed by atoms with Gasteiger partial charge in [-0.25, -0.2) is 0 Å². The van der Waals surface area contributed by atoms with Gasteiger partial charge in [0.05, 0.1) is 5.30 Å². The molecular weight excluding hydrogens is 275 g/mol. The normalized spacial score (nSPS) is 20.1. The molecule has 3 rings (SSSR count). The van der Waals surface area contributed by atoms with Crippen molar-refractivity contribution < 1.29 is 18.6 Å². The van der Waals surface area contributed by atoms with Crippen LogP contribution >= 0.6 is 7.37 Å². The SMILES string of the molecule is COC(OC)P1(=O)Oc2ccccc2-c2ccccc21. The van der Waals surface area contributed by atoms with E-state index < -0.39 is 13.4 Å². The van der Waals surface area contributed by atoms with E-state index in [1.165, 1.54) is 14.2 Å². The molecule has 0 fully saturated rings. The minimum absolute atomic E-state index is 0.591. The second-order valence-corrected chi connectivity index (χ2v) is 6.76. The third-order valence-corrected chi connectivity index (χ3v) is 5.84. The van der Waals surface area contributed by atoms with Crippen LogP contribution in [0.3, 0.4) is 0 Å². The van der Waals surface area contributed by atoms with Gasteiger partial charge in [0.1, 0.15) is 5.75 Å². The summed E-state index contributed by atoms with van der Waals surface area (Å²) >= 11 is 0. The summed E-state index contributed by atoms with van der Waals surface area (Å²) in [6.45, 7) is 0. The molecule has 1 heterocycles. The lowest BCUT2D eigenvalue weighted by Gasteiger charge is -2.31. The number of rotatable bonds is 3. The Bertz CT molecular complexity index is 679. The van der Waals surface area contributed by atoms with E-state index in [1.54, 1.807) is 12.1 Å². The molecular formula is C15H15O4P. The lowest BCUT2D eigenvalue weighted by Crippen LogP contribution is -2.28. The first kappa shape index (κ1) is 13.4. The maximum absolute atomic E-state index is 13.3. The van der Waals surface area contributed by atoms with Crippen molar-refractivity contribution in [3.8, 4) is 16.9 Å². The number of hydrogen-bond acceptors (Lipinski definition) is 4. The van der Waals surface area contributed by atoms with Crippen LogP contribution < -0.4 is 9.83 Å². The second kappa shape index (κ2) is 5.06. The van der Waals surface area contributed by atoms with Crippen molar-refractivity contribution in [2.45, 2.75) is 6.03 Å². The molecule has 0 N–H and O–H groups in total. The van der Waals surface area contributed by atoms with E-state index in [-0.39, 0.29) is 0 Å². The van der Waals surface area contributed by atoms with Gasteiger partial charge in [0.15, 0.2) is 0 Å². The van der Waals surface area contributed by atoms with E-state index in [0.29, 0.717) is 11.1 Å². The van der Waals surface area contributed by atoms with Crippen LogP contribution in [0.15, 0.2) is 48.5 Å². The molecule has 0 saturated carbocycles. The van der Waals surface area contributed by atoms with Crippen molar-refractivity contribution >= 4 is 12.7 Å². The quantitative estimate of drug-likeness (QED) is 0.643. The van der Waals surface area contributed by atoms with Gasteiger partial charge >= 0.3 is 7.37 Å². The number of para-hydroxylation sites is 1. The zero-order valence-corrected chi connectivity index (χ0v) is 12.2. The van der Waals surface area contributed by atoms with E-state index >= 15 is 0 Å². The Balaban J connectivity index is 2.26. The van der Waals surface area contributed by atoms with Crippen LogP contribution in [0.25, 0.3) is 11.1 Å². The van der Waals surface area contributed by atoms with Gasteiger partial charge in [-0.1, -0.05) is 36.4 Å². The van der Waals surface area contributed by atoms with Gasteiger partial charge in [0, 0.05) is 19.8 Å². The highest BCUT2D eigenvalue weighted by molar-refractivity contribution is 7.68. The van der Waals surface area contributed by atoms with Gasteiger partial charge in [-0.05, 0) is 17.7 Å². The van der Waals surface area contributed by atoms with Crippen LogP contribution in [0, 0.1) is 0 Å². The summed E-state index contributed by atoms with van der Waals surface area (Å²) in [5.74, 6) is 0.591. The fraction of sp³-hybridized carbons (Fsp3) is 0.200. The van der Waals surface area contributed by atoms with E-state index in [0.717, 1.165) is 11.1 Å². The molecule has 0 aliphatic carbocycles. The molecule has 2 aromatic rings. The minimum atomic E-state index is -3.29. The predicted molar refractivity (Wildman–Crippen MR) is 77.6 cm³/mol. The van der Waals surface area contributed by atoms with Crippen molar-refractivity contribution in [1.29, 1.82) is 0 Å². The number of ether oxygens (including phenoxy) is 2. The van der Waals surface area contributed by atoms with Gasteiger partial charge in [0.2, 0.25) is 0 Å². The summed E-state index contributed by atoms with van der Waals surface area (Å²) in [6.07, 6.45) is 0. The monoisotopic (exact) mass is 290 g/mol. The van der Waals surface area contributed by atoms with Crippen LogP contribution in [0.4, 0.5) is 0 Å². The molecule has 5 heteroatoms. The molecule has 1 aliphatic rings. The highest BCUT2D eigenvalue weighted by Crippen LogP contribution is 2.57. The van der Waals surface area contributed by atoms with Crippen LogP contribution in [0.1, 0.15) is 0 Å². The van der Waals surface area contributed by atoms with E-state index in [2.05, 4.69) is 0 Å². The lowest BCUT2D eigenvalue weighted by molar-refractivity contribution is -0.0474. The van der Waals surface area contributed by atoms with Crippen molar-refractivity contribution in [2.24, 2.45) is 0 Å². The summed E-state index contributed by atoms with van der Waals surface area (Å²) in [5.41, 5.74) is 1.83.